The van der Waals surface area contributed by atoms with Crippen molar-refractivity contribution < 1.29 is 4.39 Å². The average Bonchev–Trinajstić information content (AvgIpc) is 2.35. The van der Waals surface area contributed by atoms with Crippen LogP contribution >= 0.6 is 11.6 Å². The number of nitrogens with zero attached hydrogens (tertiary/aromatic N) is 1. The van der Waals surface area contributed by atoms with Crippen molar-refractivity contribution in [2.75, 3.05) is 0 Å². The van der Waals surface area contributed by atoms with Crippen LogP contribution in [-0.2, 0) is 6.42 Å². The zero-order valence-electron chi connectivity index (χ0n) is 10.5. The third-order valence-electron chi connectivity index (χ3n) is 2.98. The minimum absolute atomic E-state index is 0.255. The van der Waals surface area contributed by atoms with E-state index >= 15 is 0 Å². The Kier molecular flexibility index (Phi) is 3.97. The van der Waals surface area contributed by atoms with Gasteiger partial charge in [0, 0.05) is 23.9 Å². The molecular formula is C15H15ClFN. The van der Waals surface area contributed by atoms with Crippen LogP contribution in [0, 0.1) is 19.7 Å². The van der Waals surface area contributed by atoms with Gasteiger partial charge in [-0.15, -0.1) is 11.6 Å². The maximum Gasteiger partial charge on any atom is 0.127 e. The second kappa shape index (κ2) is 5.49. The van der Waals surface area contributed by atoms with E-state index in [0.717, 1.165) is 16.8 Å². The molecular weight excluding hydrogens is 249 g/mol. The molecule has 0 aliphatic carbocycles. The van der Waals surface area contributed by atoms with Crippen LogP contribution in [0.4, 0.5) is 4.39 Å². The zero-order valence-corrected chi connectivity index (χ0v) is 11.2. The number of benzene rings is 1. The van der Waals surface area contributed by atoms with Gasteiger partial charge < -0.3 is 0 Å². The molecule has 94 valence electrons. The molecule has 3 heteroatoms. The normalized spacial score (nSPS) is 12.4. The minimum atomic E-state index is -0.390. The van der Waals surface area contributed by atoms with E-state index in [-0.39, 0.29) is 5.82 Å². The molecule has 1 nitrogen and oxygen atoms in total. The summed E-state index contributed by atoms with van der Waals surface area (Å²) < 4.78 is 13.7. The third kappa shape index (κ3) is 2.88. The molecule has 0 bridgehead atoms. The summed E-state index contributed by atoms with van der Waals surface area (Å²) >= 11 is 6.31. The highest BCUT2D eigenvalue weighted by atomic mass is 35.5. The van der Waals surface area contributed by atoms with E-state index in [1.807, 2.05) is 26.0 Å². The first kappa shape index (κ1) is 13.0. The number of halogens is 2. The van der Waals surface area contributed by atoms with Crippen molar-refractivity contribution in [2.24, 2.45) is 0 Å². The lowest BCUT2D eigenvalue weighted by atomic mass is 10.0. The Bertz CT molecular complexity index is 554. The number of aryl methyl sites for hydroxylation is 2. The lowest BCUT2D eigenvalue weighted by Gasteiger charge is -2.12. The van der Waals surface area contributed by atoms with E-state index in [9.17, 15) is 4.39 Å². The van der Waals surface area contributed by atoms with Gasteiger partial charge in [0.25, 0.3) is 0 Å². The first-order valence-electron chi connectivity index (χ1n) is 5.88. The van der Waals surface area contributed by atoms with Crippen LogP contribution in [0.15, 0.2) is 36.5 Å². The summed E-state index contributed by atoms with van der Waals surface area (Å²) in [6, 6.07) is 8.87. The Morgan fingerprint density at radius 3 is 2.78 bits per heavy atom. The fourth-order valence-corrected chi connectivity index (χ4v) is 2.23. The van der Waals surface area contributed by atoms with Crippen LogP contribution in [-0.4, -0.2) is 4.98 Å². The molecule has 2 rings (SSSR count). The predicted octanol–water partition coefficient (Wildman–Crippen LogP) is 4.36. The molecule has 0 amide bonds. The molecule has 2 aromatic rings. The summed E-state index contributed by atoms with van der Waals surface area (Å²) in [4.78, 5) is 4.29. The molecule has 0 N–H and O–H groups in total. The molecule has 0 aliphatic heterocycles. The highest BCUT2D eigenvalue weighted by Crippen LogP contribution is 2.28. The van der Waals surface area contributed by atoms with Crippen molar-refractivity contribution in [1.82, 2.24) is 4.98 Å². The maximum atomic E-state index is 13.7. The molecule has 0 saturated heterocycles. The van der Waals surface area contributed by atoms with Crippen molar-refractivity contribution in [2.45, 2.75) is 25.6 Å². The molecule has 0 radical (unpaired) electrons. The van der Waals surface area contributed by atoms with Crippen LogP contribution in [0.3, 0.4) is 0 Å². The highest BCUT2D eigenvalue weighted by Gasteiger charge is 2.15. The van der Waals surface area contributed by atoms with Crippen molar-refractivity contribution >= 4 is 11.6 Å². The second-order valence-electron chi connectivity index (χ2n) is 4.46. The first-order valence-corrected chi connectivity index (χ1v) is 6.32. The lowest BCUT2D eigenvalue weighted by Crippen LogP contribution is -2.02. The van der Waals surface area contributed by atoms with Gasteiger partial charge in [0.2, 0.25) is 0 Å². The van der Waals surface area contributed by atoms with Crippen LogP contribution in [0.2, 0.25) is 0 Å². The maximum absolute atomic E-state index is 13.7. The smallest absolute Gasteiger partial charge is 0.127 e. The molecule has 0 aliphatic rings. The summed E-state index contributed by atoms with van der Waals surface area (Å²) in [6.07, 6.45) is 2.27. The summed E-state index contributed by atoms with van der Waals surface area (Å²) in [7, 11) is 0. The number of alkyl halides is 1. The van der Waals surface area contributed by atoms with E-state index in [1.165, 1.54) is 6.07 Å². The van der Waals surface area contributed by atoms with Crippen LogP contribution in [0.25, 0.3) is 0 Å². The monoisotopic (exact) mass is 263 g/mol. The largest absolute Gasteiger partial charge is 0.261 e. The number of hydrogen-bond donors (Lipinski definition) is 0. The number of aromatic nitrogens is 1. The van der Waals surface area contributed by atoms with E-state index < -0.39 is 5.38 Å². The Balaban J connectivity index is 2.25. The molecule has 0 fully saturated rings. The SMILES string of the molecule is Cc1ccc(F)c(C(Cl)Cc2ncccc2C)c1. The van der Waals surface area contributed by atoms with Gasteiger partial charge >= 0.3 is 0 Å². The minimum Gasteiger partial charge on any atom is -0.261 e. The molecule has 0 spiro atoms. The Morgan fingerprint density at radius 1 is 1.28 bits per heavy atom. The average molecular weight is 264 g/mol. The Labute approximate surface area is 112 Å². The Morgan fingerprint density at radius 2 is 2.06 bits per heavy atom. The van der Waals surface area contributed by atoms with Gasteiger partial charge in [-0.2, -0.15) is 0 Å². The highest BCUT2D eigenvalue weighted by molar-refractivity contribution is 6.20. The quantitative estimate of drug-likeness (QED) is 0.750. The lowest BCUT2D eigenvalue weighted by molar-refractivity contribution is 0.604. The van der Waals surface area contributed by atoms with Gasteiger partial charge in [-0.3, -0.25) is 4.98 Å². The second-order valence-corrected chi connectivity index (χ2v) is 4.99. The molecule has 1 aromatic carbocycles. The Hall–Kier alpha value is -1.41. The van der Waals surface area contributed by atoms with Gasteiger partial charge in [0.05, 0.1) is 5.38 Å². The molecule has 0 saturated carbocycles. The van der Waals surface area contributed by atoms with Crippen molar-refractivity contribution in [3.05, 3.63) is 64.7 Å². The van der Waals surface area contributed by atoms with Gasteiger partial charge in [0.1, 0.15) is 5.82 Å². The van der Waals surface area contributed by atoms with Gasteiger partial charge in [-0.25, -0.2) is 4.39 Å². The summed E-state index contributed by atoms with van der Waals surface area (Å²) in [6.45, 7) is 3.91. The topological polar surface area (TPSA) is 12.9 Å². The van der Waals surface area contributed by atoms with Crippen molar-refractivity contribution in [1.29, 1.82) is 0 Å². The molecule has 1 heterocycles. The zero-order chi connectivity index (χ0) is 13.1. The summed E-state index contributed by atoms with van der Waals surface area (Å²) in [5.74, 6) is -0.255. The fraction of sp³-hybridized carbons (Fsp3) is 0.267. The van der Waals surface area contributed by atoms with Gasteiger partial charge in [0.15, 0.2) is 0 Å². The van der Waals surface area contributed by atoms with E-state index in [2.05, 4.69) is 4.98 Å². The molecule has 1 aromatic heterocycles. The predicted molar refractivity (Wildman–Crippen MR) is 72.4 cm³/mol. The molecule has 18 heavy (non-hydrogen) atoms. The standard InChI is InChI=1S/C15H15ClFN/c1-10-5-6-14(17)12(8-10)13(16)9-15-11(2)4-3-7-18-15/h3-8,13H,9H2,1-2H3. The van der Waals surface area contributed by atoms with Gasteiger partial charge in [-0.05, 0) is 31.5 Å². The fourth-order valence-electron chi connectivity index (χ4n) is 1.92. The summed E-state index contributed by atoms with van der Waals surface area (Å²) in [5, 5.41) is -0.390. The van der Waals surface area contributed by atoms with E-state index in [1.54, 1.807) is 18.3 Å². The molecule has 1 unspecified atom stereocenters. The number of hydrogen-bond acceptors (Lipinski definition) is 1. The molecule has 1 atom stereocenters. The van der Waals surface area contributed by atoms with E-state index in [4.69, 9.17) is 11.6 Å². The van der Waals surface area contributed by atoms with Crippen molar-refractivity contribution in [3.63, 3.8) is 0 Å². The number of rotatable bonds is 3. The van der Waals surface area contributed by atoms with Crippen LogP contribution < -0.4 is 0 Å². The first-order chi connectivity index (χ1) is 8.58. The van der Waals surface area contributed by atoms with E-state index in [0.29, 0.717) is 12.0 Å². The third-order valence-corrected chi connectivity index (χ3v) is 3.37. The van der Waals surface area contributed by atoms with Crippen LogP contribution in [0.5, 0.6) is 0 Å². The van der Waals surface area contributed by atoms with Gasteiger partial charge in [-0.1, -0.05) is 23.8 Å². The number of pyridine rings is 1. The summed E-state index contributed by atoms with van der Waals surface area (Å²) in [5.41, 5.74) is 3.55. The van der Waals surface area contributed by atoms with Crippen molar-refractivity contribution in [3.8, 4) is 0 Å². The van der Waals surface area contributed by atoms with Crippen LogP contribution in [0.1, 0.15) is 27.8 Å².